The van der Waals surface area contributed by atoms with Crippen molar-refractivity contribution in [3.05, 3.63) is 46.0 Å². The van der Waals surface area contributed by atoms with Crippen molar-refractivity contribution >= 4 is 57.7 Å². The average molecular weight is 573 g/mol. The Hall–Kier alpha value is -1.42. The molecule has 0 aromatic heterocycles. The number of likely N-dealkylation sites (tertiary alicyclic amines) is 1. The third kappa shape index (κ3) is 4.23. The van der Waals surface area contributed by atoms with Crippen molar-refractivity contribution in [2.45, 2.75) is 19.9 Å². The minimum Gasteiger partial charge on any atom is -0.355 e. The van der Waals surface area contributed by atoms with Crippen LogP contribution in [-0.2, 0) is 16.1 Å². The van der Waals surface area contributed by atoms with Gasteiger partial charge in [0.15, 0.2) is 5.96 Å². The van der Waals surface area contributed by atoms with Crippen molar-refractivity contribution in [3.8, 4) is 0 Å². The minimum atomic E-state index is -0.125. The summed E-state index contributed by atoms with van der Waals surface area (Å²) < 4.78 is 1.06. The van der Waals surface area contributed by atoms with E-state index in [-0.39, 0.29) is 59.5 Å². The maximum absolute atomic E-state index is 12.7. The molecule has 1 aromatic carbocycles. The molecule has 2 amide bonds. The van der Waals surface area contributed by atoms with Crippen LogP contribution in [0.5, 0.6) is 0 Å². The van der Waals surface area contributed by atoms with E-state index in [1.165, 1.54) is 16.0 Å². The number of hydrogen-bond donors (Lipinski definition) is 2. The van der Waals surface area contributed by atoms with Gasteiger partial charge in [0.05, 0.1) is 11.8 Å². The quantitative estimate of drug-likeness (QED) is 0.187. The number of carbonyl (C=O) groups is 2. The van der Waals surface area contributed by atoms with Crippen LogP contribution in [0, 0.1) is 30.6 Å². The summed E-state index contributed by atoms with van der Waals surface area (Å²) in [6, 6.07) is 6.17. The van der Waals surface area contributed by atoms with Gasteiger partial charge in [0.1, 0.15) is 0 Å². The first-order valence-electron chi connectivity index (χ1n) is 9.72. The molecular formula is C21H26BrIN4O2. The summed E-state index contributed by atoms with van der Waals surface area (Å²) in [5.74, 6) is 0.925. The number of benzene rings is 1. The number of nitrogens with one attached hydrogen (secondary N) is 2. The Morgan fingerprint density at radius 1 is 1.17 bits per heavy atom. The fraction of sp³-hybridized carbons (Fsp3) is 0.476. The molecule has 8 heteroatoms. The SMILES string of the molecule is CN=C(NCCN1C(=O)C2C3C=CC(C3)C2C1=O)NCc1ccc(Br)cc1C.I. The number of aliphatic imine (C=N–C) groups is 1. The lowest BCUT2D eigenvalue weighted by Gasteiger charge is -2.19. The van der Waals surface area contributed by atoms with Crippen LogP contribution in [0.3, 0.4) is 0 Å². The standard InChI is InChI=1S/C21H25BrN4O2.HI/c1-12-9-16(22)6-5-15(12)11-25-21(23-2)24-7-8-26-19(27)17-13-3-4-14(10-13)18(17)20(26)28;/h3-6,9,13-14,17-18H,7-8,10-11H2,1-2H3,(H2,23,24,25);1H. The van der Waals surface area contributed by atoms with Crippen molar-refractivity contribution in [1.82, 2.24) is 15.5 Å². The molecule has 29 heavy (non-hydrogen) atoms. The lowest BCUT2D eigenvalue weighted by molar-refractivity contribution is -0.140. The smallest absolute Gasteiger partial charge is 0.233 e. The lowest BCUT2D eigenvalue weighted by atomic mass is 9.85. The molecule has 2 bridgehead atoms. The Labute approximate surface area is 196 Å². The Kier molecular flexibility index (Phi) is 7.03. The van der Waals surface area contributed by atoms with Gasteiger partial charge in [-0.25, -0.2) is 0 Å². The summed E-state index contributed by atoms with van der Waals surface area (Å²) >= 11 is 3.47. The predicted molar refractivity (Wildman–Crippen MR) is 127 cm³/mol. The molecule has 3 aliphatic rings. The van der Waals surface area contributed by atoms with E-state index in [4.69, 9.17) is 0 Å². The van der Waals surface area contributed by atoms with Crippen LogP contribution in [0.1, 0.15) is 17.5 Å². The van der Waals surface area contributed by atoms with Crippen LogP contribution in [-0.4, -0.2) is 42.8 Å². The number of nitrogens with zero attached hydrogens (tertiary/aromatic N) is 2. The number of aryl methyl sites for hydroxylation is 1. The molecule has 156 valence electrons. The number of amides is 2. The molecule has 1 heterocycles. The van der Waals surface area contributed by atoms with Gasteiger partial charge in [-0.15, -0.1) is 24.0 Å². The molecule has 0 radical (unpaired) electrons. The molecular weight excluding hydrogens is 547 g/mol. The minimum absolute atomic E-state index is 0. The van der Waals surface area contributed by atoms with E-state index in [2.05, 4.69) is 62.8 Å². The first kappa shape index (κ1) is 22.3. The van der Waals surface area contributed by atoms with Gasteiger partial charge in [-0.05, 0) is 48.4 Å². The number of imide groups is 1. The number of fused-ring (bicyclic) bond motifs is 5. The van der Waals surface area contributed by atoms with Gasteiger partial charge in [-0.1, -0.05) is 34.1 Å². The zero-order chi connectivity index (χ0) is 19.8. The van der Waals surface area contributed by atoms with Crippen LogP contribution in [0.2, 0.25) is 0 Å². The molecule has 0 spiro atoms. The largest absolute Gasteiger partial charge is 0.355 e. The van der Waals surface area contributed by atoms with E-state index < -0.39 is 0 Å². The molecule has 2 fully saturated rings. The van der Waals surface area contributed by atoms with Gasteiger partial charge in [-0.2, -0.15) is 0 Å². The van der Waals surface area contributed by atoms with Crippen molar-refractivity contribution in [2.75, 3.05) is 20.1 Å². The summed E-state index contributed by atoms with van der Waals surface area (Å²) in [5.41, 5.74) is 2.38. The molecule has 1 saturated heterocycles. The Morgan fingerprint density at radius 2 is 1.83 bits per heavy atom. The zero-order valence-corrected chi connectivity index (χ0v) is 20.4. The number of halogens is 2. The van der Waals surface area contributed by atoms with E-state index in [0.29, 0.717) is 25.6 Å². The van der Waals surface area contributed by atoms with E-state index in [0.717, 1.165) is 10.9 Å². The van der Waals surface area contributed by atoms with Crippen molar-refractivity contribution in [3.63, 3.8) is 0 Å². The summed E-state index contributed by atoms with van der Waals surface area (Å²) in [4.78, 5) is 31.1. The normalized spacial score (nSPS) is 27.3. The van der Waals surface area contributed by atoms with Gasteiger partial charge in [0.2, 0.25) is 11.8 Å². The maximum Gasteiger partial charge on any atom is 0.233 e. The summed E-state index contributed by atoms with van der Waals surface area (Å²) in [6.07, 6.45) is 5.20. The highest BCUT2D eigenvalue weighted by atomic mass is 127. The fourth-order valence-electron chi connectivity index (χ4n) is 4.73. The molecule has 1 saturated carbocycles. The number of allylic oxidation sites excluding steroid dienone is 2. The van der Waals surface area contributed by atoms with Crippen LogP contribution < -0.4 is 10.6 Å². The highest BCUT2D eigenvalue weighted by Gasteiger charge is 2.58. The molecule has 4 atom stereocenters. The zero-order valence-electron chi connectivity index (χ0n) is 16.5. The van der Waals surface area contributed by atoms with Crippen molar-refractivity contribution in [1.29, 1.82) is 0 Å². The third-order valence-electron chi connectivity index (χ3n) is 6.16. The molecule has 4 unspecified atom stereocenters. The molecule has 2 aliphatic carbocycles. The van der Waals surface area contributed by atoms with Crippen LogP contribution in [0.15, 0.2) is 39.8 Å². The van der Waals surface area contributed by atoms with Crippen LogP contribution in [0.4, 0.5) is 0 Å². The van der Waals surface area contributed by atoms with Crippen LogP contribution >= 0.6 is 39.9 Å². The first-order chi connectivity index (χ1) is 13.5. The second-order valence-electron chi connectivity index (χ2n) is 7.75. The van der Waals surface area contributed by atoms with E-state index >= 15 is 0 Å². The van der Waals surface area contributed by atoms with Crippen molar-refractivity contribution in [2.24, 2.45) is 28.7 Å². The molecule has 4 rings (SSSR count). The number of rotatable bonds is 5. The van der Waals surface area contributed by atoms with Crippen molar-refractivity contribution < 1.29 is 9.59 Å². The molecule has 1 aliphatic heterocycles. The predicted octanol–water partition coefficient (Wildman–Crippen LogP) is 2.85. The topological polar surface area (TPSA) is 73.8 Å². The van der Waals surface area contributed by atoms with E-state index in [1.54, 1.807) is 7.05 Å². The number of hydrogen-bond acceptors (Lipinski definition) is 3. The average Bonchev–Trinajstić information content (AvgIpc) is 3.35. The fourth-order valence-corrected chi connectivity index (χ4v) is 5.20. The van der Waals surface area contributed by atoms with E-state index in [9.17, 15) is 9.59 Å². The second-order valence-corrected chi connectivity index (χ2v) is 8.67. The highest BCUT2D eigenvalue weighted by Crippen LogP contribution is 2.52. The first-order valence-corrected chi connectivity index (χ1v) is 10.5. The molecule has 1 aromatic rings. The lowest BCUT2D eigenvalue weighted by Crippen LogP contribution is -2.43. The Morgan fingerprint density at radius 3 is 2.41 bits per heavy atom. The third-order valence-corrected chi connectivity index (χ3v) is 6.66. The Bertz CT molecular complexity index is 842. The van der Waals surface area contributed by atoms with Gasteiger partial charge in [0.25, 0.3) is 0 Å². The summed E-state index contributed by atoms with van der Waals surface area (Å²) in [7, 11) is 1.71. The molecule has 2 N–H and O–H groups in total. The molecule has 6 nitrogen and oxygen atoms in total. The van der Waals surface area contributed by atoms with Gasteiger partial charge >= 0.3 is 0 Å². The van der Waals surface area contributed by atoms with Crippen LogP contribution in [0.25, 0.3) is 0 Å². The monoisotopic (exact) mass is 572 g/mol. The van der Waals surface area contributed by atoms with Gasteiger partial charge < -0.3 is 10.6 Å². The summed E-state index contributed by atoms with van der Waals surface area (Å²) in [6.45, 7) is 3.59. The number of guanidine groups is 1. The highest BCUT2D eigenvalue weighted by molar-refractivity contribution is 14.0. The van der Waals surface area contributed by atoms with E-state index in [1.807, 2.05) is 6.07 Å². The number of carbonyl (C=O) groups excluding carboxylic acids is 2. The Balaban J connectivity index is 0.00000240. The summed E-state index contributed by atoms with van der Waals surface area (Å²) in [5, 5.41) is 6.49. The van der Waals surface area contributed by atoms with Gasteiger partial charge in [-0.3, -0.25) is 19.5 Å². The maximum atomic E-state index is 12.7. The second kappa shape index (κ2) is 9.16. The van der Waals surface area contributed by atoms with Gasteiger partial charge in [0, 0.05) is 31.2 Å².